The van der Waals surface area contributed by atoms with Crippen molar-refractivity contribution in [1.82, 2.24) is 0 Å². The Balaban J connectivity index is 1.43. The number of anilines is 5. The number of thioether (sulfide) groups is 1. The Morgan fingerprint density at radius 3 is 1.85 bits per heavy atom. The maximum atomic E-state index is 14.6. The fourth-order valence-corrected chi connectivity index (χ4v) is 7.12. The van der Waals surface area contributed by atoms with Crippen LogP contribution in [0.2, 0.25) is 0 Å². The van der Waals surface area contributed by atoms with Gasteiger partial charge in [-0.15, -0.1) is 0 Å². The molecule has 0 radical (unpaired) electrons. The van der Waals surface area contributed by atoms with Crippen molar-refractivity contribution in [3.8, 4) is 17.2 Å². The standard InChI is InChI=1S/C39H40N4O4S/c1-6-41(7-2)26-18-20-32-34(22-26)47-35-23-27(42(8-3)9-4)19-21-33(35)43(32)39(46)48-36-24-30(37(44)29-16-12-11-15-28(29)36)38(45)40-31-17-13-10-14-25(31)5/h10-24,44H,6-9H2,1-5H3,(H,40,45). The highest BCUT2D eigenvalue weighted by molar-refractivity contribution is 8.14. The van der Waals surface area contributed by atoms with Crippen LogP contribution in [0.5, 0.6) is 17.2 Å². The van der Waals surface area contributed by atoms with E-state index >= 15 is 0 Å². The van der Waals surface area contributed by atoms with Crippen LogP contribution in [-0.4, -0.2) is 42.4 Å². The van der Waals surface area contributed by atoms with Crippen molar-refractivity contribution in [2.45, 2.75) is 39.5 Å². The van der Waals surface area contributed by atoms with Gasteiger partial charge in [-0.25, -0.2) is 0 Å². The summed E-state index contributed by atoms with van der Waals surface area (Å²) in [5.41, 5.74) is 4.91. The van der Waals surface area contributed by atoms with Gasteiger partial charge < -0.3 is 25.0 Å². The summed E-state index contributed by atoms with van der Waals surface area (Å²) in [6.07, 6.45) is 0. The predicted molar refractivity (Wildman–Crippen MR) is 198 cm³/mol. The van der Waals surface area contributed by atoms with Crippen LogP contribution in [0.25, 0.3) is 10.8 Å². The summed E-state index contributed by atoms with van der Waals surface area (Å²) in [5.74, 6) is 0.581. The summed E-state index contributed by atoms with van der Waals surface area (Å²) in [6, 6.07) is 28.2. The molecule has 9 heteroatoms. The number of carbonyl (C=O) groups is 2. The second-order valence-electron chi connectivity index (χ2n) is 11.5. The number of hydrogen-bond acceptors (Lipinski definition) is 7. The van der Waals surface area contributed by atoms with Gasteiger partial charge in [0.1, 0.15) is 5.75 Å². The van der Waals surface area contributed by atoms with E-state index in [-0.39, 0.29) is 16.6 Å². The zero-order chi connectivity index (χ0) is 33.9. The molecule has 1 aliphatic rings. The average Bonchev–Trinajstić information content (AvgIpc) is 3.10. The lowest BCUT2D eigenvalue weighted by molar-refractivity contribution is 0.102. The number of phenolic OH excluding ortho intramolecular Hbond substituents is 1. The van der Waals surface area contributed by atoms with Crippen LogP contribution in [0.3, 0.4) is 0 Å². The van der Waals surface area contributed by atoms with E-state index in [0.717, 1.165) is 54.9 Å². The molecule has 0 aromatic heterocycles. The summed E-state index contributed by atoms with van der Waals surface area (Å²) < 4.78 is 6.53. The molecule has 48 heavy (non-hydrogen) atoms. The van der Waals surface area contributed by atoms with Crippen molar-refractivity contribution >= 4 is 62.1 Å². The molecule has 0 atom stereocenters. The first-order valence-electron chi connectivity index (χ1n) is 16.4. The molecule has 5 aromatic rings. The molecule has 1 heterocycles. The molecule has 6 rings (SSSR count). The lowest BCUT2D eigenvalue weighted by atomic mass is 10.0. The molecule has 0 unspecified atom stereocenters. The molecule has 0 saturated heterocycles. The molecule has 246 valence electrons. The molecular weight excluding hydrogens is 621 g/mol. The van der Waals surface area contributed by atoms with Gasteiger partial charge in [-0.2, -0.15) is 0 Å². The third-order valence-electron chi connectivity index (χ3n) is 8.84. The van der Waals surface area contributed by atoms with E-state index in [1.54, 1.807) is 23.1 Å². The van der Waals surface area contributed by atoms with Crippen molar-refractivity contribution in [1.29, 1.82) is 0 Å². The minimum Gasteiger partial charge on any atom is -0.506 e. The van der Waals surface area contributed by atoms with Gasteiger partial charge >= 0.3 is 0 Å². The number of para-hydroxylation sites is 1. The second kappa shape index (κ2) is 13.9. The number of hydrogen-bond donors (Lipinski definition) is 2. The fourth-order valence-electron chi connectivity index (χ4n) is 6.18. The number of amides is 2. The van der Waals surface area contributed by atoms with Crippen LogP contribution < -0.4 is 24.8 Å². The number of phenols is 1. The molecule has 5 aromatic carbocycles. The number of fused-ring (bicyclic) bond motifs is 3. The van der Waals surface area contributed by atoms with Crippen molar-refractivity contribution in [2.75, 3.05) is 46.2 Å². The number of nitrogens with zero attached hydrogens (tertiary/aromatic N) is 3. The Bertz CT molecular complexity index is 1940. The smallest absolute Gasteiger partial charge is 0.295 e. The Morgan fingerprint density at radius 2 is 1.29 bits per heavy atom. The number of benzene rings is 5. The zero-order valence-electron chi connectivity index (χ0n) is 27.9. The van der Waals surface area contributed by atoms with Crippen LogP contribution in [0.15, 0.2) is 95.9 Å². The third kappa shape index (κ3) is 6.13. The number of carbonyl (C=O) groups excluding carboxylic acids is 2. The molecule has 0 bridgehead atoms. The molecule has 0 saturated carbocycles. The van der Waals surface area contributed by atoms with E-state index < -0.39 is 5.91 Å². The first-order chi connectivity index (χ1) is 23.3. The van der Waals surface area contributed by atoms with Crippen molar-refractivity contribution in [3.05, 3.63) is 102 Å². The van der Waals surface area contributed by atoms with Gasteiger partial charge in [0.25, 0.3) is 11.1 Å². The van der Waals surface area contributed by atoms with Gasteiger partial charge in [0.05, 0.1) is 16.9 Å². The third-order valence-corrected chi connectivity index (χ3v) is 9.76. The predicted octanol–water partition coefficient (Wildman–Crippen LogP) is 9.95. The summed E-state index contributed by atoms with van der Waals surface area (Å²) in [7, 11) is 0. The first kappa shape index (κ1) is 32.8. The SMILES string of the molecule is CCN(CC)c1ccc2c(c1)Oc1cc(N(CC)CC)ccc1N2C(=O)Sc1cc(C(=O)Nc2ccccc2C)c(O)c2ccccc12. The Hall–Kier alpha value is -5.15. The molecule has 2 N–H and O–H groups in total. The van der Waals surface area contributed by atoms with Crippen molar-refractivity contribution < 1.29 is 19.4 Å². The summed E-state index contributed by atoms with van der Waals surface area (Å²) >= 11 is 1.02. The van der Waals surface area contributed by atoms with Gasteiger partial charge in [0.2, 0.25) is 0 Å². The number of aromatic hydroxyl groups is 1. The summed E-state index contributed by atoms with van der Waals surface area (Å²) in [6.45, 7) is 13.7. The van der Waals surface area contributed by atoms with Crippen LogP contribution in [0.1, 0.15) is 43.6 Å². The molecular formula is C39H40N4O4S. The lowest BCUT2D eigenvalue weighted by Gasteiger charge is -2.33. The minimum absolute atomic E-state index is 0.0859. The number of aryl methyl sites for hydroxylation is 1. The topological polar surface area (TPSA) is 85.4 Å². The molecule has 8 nitrogen and oxygen atoms in total. The van der Waals surface area contributed by atoms with Gasteiger partial charge in [0.15, 0.2) is 11.5 Å². The molecule has 0 spiro atoms. The molecule has 1 aliphatic heterocycles. The minimum atomic E-state index is -0.461. The van der Waals surface area contributed by atoms with Crippen LogP contribution in [-0.2, 0) is 0 Å². The Kier molecular flexibility index (Phi) is 9.50. The van der Waals surface area contributed by atoms with Crippen LogP contribution in [0, 0.1) is 6.92 Å². The van der Waals surface area contributed by atoms with E-state index in [1.165, 1.54) is 0 Å². The quantitative estimate of drug-likeness (QED) is 0.152. The van der Waals surface area contributed by atoms with Crippen molar-refractivity contribution in [2.24, 2.45) is 0 Å². The molecule has 0 aliphatic carbocycles. The highest BCUT2D eigenvalue weighted by Gasteiger charge is 2.32. The van der Waals surface area contributed by atoms with Crippen LogP contribution >= 0.6 is 11.8 Å². The lowest BCUT2D eigenvalue weighted by Crippen LogP contribution is -2.27. The van der Waals surface area contributed by atoms with Gasteiger partial charge in [0, 0.05) is 65.7 Å². The largest absolute Gasteiger partial charge is 0.506 e. The van der Waals surface area contributed by atoms with E-state index in [1.807, 2.05) is 79.7 Å². The summed E-state index contributed by atoms with van der Waals surface area (Å²) in [4.78, 5) is 34.8. The van der Waals surface area contributed by atoms with Gasteiger partial charge in [-0.05, 0) is 93.7 Å². The maximum Gasteiger partial charge on any atom is 0.295 e. The number of rotatable bonds is 9. The van der Waals surface area contributed by atoms with E-state index in [0.29, 0.717) is 44.2 Å². The monoisotopic (exact) mass is 660 g/mol. The molecule has 0 fully saturated rings. The van der Waals surface area contributed by atoms with Gasteiger partial charge in [-0.1, -0.05) is 42.5 Å². The molecule has 2 amide bonds. The van der Waals surface area contributed by atoms with E-state index in [9.17, 15) is 14.7 Å². The van der Waals surface area contributed by atoms with Gasteiger partial charge in [-0.3, -0.25) is 14.5 Å². The average molecular weight is 661 g/mol. The van der Waals surface area contributed by atoms with Crippen LogP contribution in [0.4, 0.5) is 33.2 Å². The highest BCUT2D eigenvalue weighted by Crippen LogP contribution is 2.51. The van der Waals surface area contributed by atoms with E-state index in [4.69, 9.17) is 4.74 Å². The zero-order valence-corrected chi connectivity index (χ0v) is 28.7. The summed E-state index contributed by atoms with van der Waals surface area (Å²) in [5, 5.41) is 15.1. The Morgan fingerprint density at radius 1 is 0.750 bits per heavy atom. The Labute approximate surface area is 285 Å². The van der Waals surface area contributed by atoms with E-state index in [2.05, 4.69) is 42.8 Å². The maximum absolute atomic E-state index is 14.6. The normalized spacial score (nSPS) is 11.8. The highest BCUT2D eigenvalue weighted by atomic mass is 32.2. The second-order valence-corrected chi connectivity index (χ2v) is 12.5. The first-order valence-corrected chi connectivity index (χ1v) is 17.2. The fraction of sp³-hybridized carbons (Fsp3) is 0.231. The van der Waals surface area contributed by atoms with Crippen molar-refractivity contribution in [3.63, 3.8) is 0 Å². The number of ether oxygens (including phenoxy) is 1. The number of nitrogens with one attached hydrogen (secondary N) is 1.